The molecular weight excluding hydrogens is 382 g/mol. The second-order valence-corrected chi connectivity index (χ2v) is 7.96. The van der Waals surface area contributed by atoms with E-state index in [0.717, 1.165) is 32.6 Å². The zero-order valence-corrected chi connectivity index (χ0v) is 17.3. The van der Waals surface area contributed by atoms with Crippen molar-refractivity contribution in [2.45, 2.75) is 27.4 Å². The third kappa shape index (κ3) is 3.98. The molecule has 2 heterocycles. The van der Waals surface area contributed by atoms with E-state index >= 15 is 0 Å². The number of anilines is 2. The number of fused-ring (bicyclic) bond motifs is 1. The lowest BCUT2D eigenvalue weighted by Gasteiger charge is -2.10. The zero-order valence-electron chi connectivity index (χ0n) is 16.5. The first-order chi connectivity index (χ1) is 14.0. The van der Waals surface area contributed by atoms with Gasteiger partial charge in [0.15, 0.2) is 0 Å². The van der Waals surface area contributed by atoms with E-state index in [2.05, 4.69) is 41.3 Å². The number of aryl methyl sites for hydroxylation is 3. The van der Waals surface area contributed by atoms with Crippen LogP contribution >= 0.6 is 11.3 Å². The molecule has 6 heteroatoms. The van der Waals surface area contributed by atoms with Crippen molar-refractivity contribution in [1.29, 1.82) is 0 Å². The van der Waals surface area contributed by atoms with Crippen LogP contribution in [0.2, 0.25) is 0 Å². The first-order valence-electron chi connectivity index (χ1n) is 9.32. The normalized spacial score (nSPS) is 10.9. The van der Waals surface area contributed by atoms with E-state index in [1.165, 1.54) is 23.2 Å². The maximum atomic E-state index is 12.7. The number of thiophene rings is 1. The smallest absolute Gasteiger partial charge is 0.349 e. The number of carbonyl (C=O) groups is 1. The molecule has 2 aromatic carbocycles. The SMILES string of the molecule is Cc1ccc(Nc2ncnc3sc(C(=O)OCc4ccccc4)c(C)c23)c(C)c1. The van der Waals surface area contributed by atoms with E-state index in [1.807, 2.05) is 43.3 Å². The van der Waals surface area contributed by atoms with Crippen LogP contribution in [0.1, 0.15) is 31.9 Å². The van der Waals surface area contributed by atoms with Gasteiger partial charge in [-0.25, -0.2) is 14.8 Å². The molecule has 0 aliphatic rings. The van der Waals surface area contributed by atoms with Crippen LogP contribution in [0.5, 0.6) is 0 Å². The number of nitrogens with one attached hydrogen (secondary N) is 1. The molecule has 146 valence electrons. The highest BCUT2D eigenvalue weighted by molar-refractivity contribution is 7.20. The molecule has 1 N–H and O–H groups in total. The Morgan fingerprint density at radius 2 is 1.86 bits per heavy atom. The van der Waals surface area contributed by atoms with Gasteiger partial charge < -0.3 is 10.1 Å². The Morgan fingerprint density at radius 1 is 1.07 bits per heavy atom. The Hall–Kier alpha value is -3.25. The number of carbonyl (C=O) groups excluding carboxylic acids is 1. The monoisotopic (exact) mass is 403 g/mol. The Balaban J connectivity index is 1.63. The molecule has 0 saturated carbocycles. The topological polar surface area (TPSA) is 64.1 Å². The quantitative estimate of drug-likeness (QED) is 0.432. The first kappa shape index (κ1) is 19.1. The number of nitrogens with zero attached hydrogens (tertiary/aromatic N) is 2. The molecule has 0 unspecified atom stereocenters. The van der Waals surface area contributed by atoms with Crippen molar-refractivity contribution in [2.24, 2.45) is 0 Å². The largest absolute Gasteiger partial charge is 0.457 e. The van der Waals surface area contributed by atoms with Gasteiger partial charge in [0.2, 0.25) is 0 Å². The number of aromatic nitrogens is 2. The molecule has 0 fully saturated rings. The molecule has 0 spiro atoms. The van der Waals surface area contributed by atoms with Gasteiger partial charge in [-0.1, -0.05) is 48.0 Å². The van der Waals surface area contributed by atoms with E-state index in [4.69, 9.17) is 4.74 Å². The van der Waals surface area contributed by atoms with Crippen LogP contribution in [0.25, 0.3) is 10.2 Å². The van der Waals surface area contributed by atoms with Crippen molar-refractivity contribution in [3.8, 4) is 0 Å². The van der Waals surface area contributed by atoms with Crippen molar-refractivity contribution < 1.29 is 9.53 Å². The molecule has 0 radical (unpaired) electrons. The number of ether oxygens (including phenoxy) is 1. The summed E-state index contributed by atoms with van der Waals surface area (Å²) in [6, 6.07) is 15.9. The number of hydrogen-bond donors (Lipinski definition) is 1. The van der Waals surface area contributed by atoms with Gasteiger partial charge in [-0.2, -0.15) is 0 Å². The maximum absolute atomic E-state index is 12.7. The third-order valence-corrected chi connectivity index (χ3v) is 5.94. The average molecular weight is 404 g/mol. The molecule has 4 rings (SSSR count). The van der Waals surface area contributed by atoms with E-state index in [-0.39, 0.29) is 12.6 Å². The summed E-state index contributed by atoms with van der Waals surface area (Å²) in [6.45, 7) is 6.28. The lowest BCUT2D eigenvalue weighted by Crippen LogP contribution is -2.04. The van der Waals surface area contributed by atoms with Gasteiger partial charge in [0, 0.05) is 5.69 Å². The molecule has 0 atom stereocenters. The molecule has 0 aliphatic carbocycles. The lowest BCUT2D eigenvalue weighted by atomic mass is 10.1. The molecule has 0 aliphatic heterocycles. The van der Waals surface area contributed by atoms with Gasteiger partial charge in [-0.05, 0) is 43.5 Å². The van der Waals surface area contributed by atoms with Crippen LogP contribution in [-0.2, 0) is 11.3 Å². The van der Waals surface area contributed by atoms with Gasteiger partial charge in [0.1, 0.15) is 28.5 Å². The Labute approximate surface area is 173 Å². The third-order valence-electron chi connectivity index (χ3n) is 4.76. The van der Waals surface area contributed by atoms with Crippen molar-refractivity contribution >= 4 is 39.0 Å². The number of esters is 1. The molecule has 2 aromatic heterocycles. The van der Waals surface area contributed by atoms with Crippen molar-refractivity contribution in [1.82, 2.24) is 9.97 Å². The Kier molecular flexibility index (Phi) is 5.27. The van der Waals surface area contributed by atoms with Crippen LogP contribution in [0.4, 0.5) is 11.5 Å². The second kappa shape index (κ2) is 8.01. The highest BCUT2D eigenvalue weighted by atomic mass is 32.1. The molecular formula is C23H21N3O2S. The van der Waals surface area contributed by atoms with Gasteiger partial charge >= 0.3 is 5.97 Å². The van der Waals surface area contributed by atoms with Gasteiger partial charge in [0.25, 0.3) is 0 Å². The maximum Gasteiger partial charge on any atom is 0.349 e. The molecule has 4 aromatic rings. The number of hydrogen-bond acceptors (Lipinski definition) is 6. The fourth-order valence-electron chi connectivity index (χ4n) is 3.23. The van der Waals surface area contributed by atoms with Crippen LogP contribution in [0, 0.1) is 20.8 Å². The molecule has 0 saturated heterocycles. The standard InChI is InChI=1S/C23H21N3O2S/c1-14-9-10-18(15(2)11-14)26-21-19-16(3)20(29-22(19)25-13-24-21)23(27)28-12-17-7-5-4-6-8-17/h4-11,13H,12H2,1-3H3,(H,24,25,26). The van der Waals surface area contributed by atoms with Gasteiger partial charge in [-0.15, -0.1) is 11.3 Å². The van der Waals surface area contributed by atoms with Gasteiger partial charge in [-0.3, -0.25) is 0 Å². The van der Waals surface area contributed by atoms with Crippen molar-refractivity contribution in [2.75, 3.05) is 5.32 Å². The van der Waals surface area contributed by atoms with E-state index in [9.17, 15) is 4.79 Å². The summed E-state index contributed by atoms with van der Waals surface area (Å²) in [6.07, 6.45) is 1.52. The predicted octanol–water partition coefficient (Wildman–Crippen LogP) is 5.72. The summed E-state index contributed by atoms with van der Waals surface area (Å²) in [7, 11) is 0. The van der Waals surface area contributed by atoms with E-state index in [0.29, 0.717) is 10.7 Å². The van der Waals surface area contributed by atoms with Crippen LogP contribution in [0.3, 0.4) is 0 Å². The number of benzene rings is 2. The summed E-state index contributed by atoms with van der Waals surface area (Å²) in [5.41, 5.74) is 5.10. The highest BCUT2D eigenvalue weighted by Crippen LogP contribution is 2.35. The zero-order chi connectivity index (χ0) is 20.4. The van der Waals surface area contributed by atoms with Gasteiger partial charge in [0.05, 0.1) is 5.39 Å². The van der Waals surface area contributed by atoms with E-state index < -0.39 is 0 Å². The Morgan fingerprint density at radius 3 is 2.62 bits per heavy atom. The summed E-state index contributed by atoms with van der Waals surface area (Å²) < 4.78 is 5.52. The first-order valence-corrected chi connectivity index (χ1v) is 10.1. The highest BCUT2D eigenvalue weighted by Gasteiger charge is 2.20. The molecule has 0 amide bonds. The van der Waals surface area contributed by atoms with Crippen LogP contribution in [0.15, 0.2) is 54.9 Å². The van der Waals surface area contributed by atoms with E-state index in [1.54, 1.807) is 0 Å². The lowest BCUT2D eigenvalue weighted by molar-refractivity contribution is 0.0478. The predicted molar refractivity (Wildman–Crippen MR) is 117 cm³/mol. The minimum Gasteiger partial charge on any atom is -0.457 e. The minimum atomic E-state index is -0.341. The summed E-state index contributed by atoms with van der Waals surface area (Å²) in [5, 5.41) is 4.25. The van der Waals surface area contributed by atoms with Crippen molar-refractivity contribution in [3.05, 3.63) is 82.0 Å². The average Bonchev–Trinajstić information content (AvgIpc) is 3.07. The molecule has 0 bridgehead atoms. The van der Waals surface area contributed by atoms with Crippen LogP contribution < -0.4 is 5.32 Å². The van der Waals surface area contributed by atoms with Crippen LogP contribution in [-0.4, -0.2) is 15.9 Å². The molecule has 5 nitrogen and oxygen atoms in total. The Bertz CT molecular complexity index is 1190. The fraction of sp³-hybridized carbons (Fsp3) is 0.174. The summed E-state index contributed by atoms with van der Waals surface area (Å²) >= 11 is 1.33. The summed E-state index contributed by atoms with van der Waals surface area (Å²) in [5.74, 6) is 0.352. The fourth-order valence-corrected chi connectivity index (χ4v) is 4.27. The van der Waals surface area contributed by atoms with Crippen molar-refractivity contribution in [3.63, 3.8) is 0 Å². The second-order valence-electron chi connectivity index (χ2n) is 6.96. The number of rotatable bonds is 5. The minimum absolute atomic E-state index is 0.243. The summed E-state index contributed by atoms with van der Waals surface area (Å²) in [4.78, 5) is 22.8. The molecule has 29 heavy (non-hydrogen) atoms.